The van der Waals surface area contributed by atoms with Crippen LogP contribution in [0, 0.1) is 0 Å². The van der Waals surface area contributed by atoms with E-state index in [4.69, 9.17) is 21.4 Å². The number of morpholine rings is 1. The third-order valence-electron chi connectivity index (χ3n) is 3.15. The molecule has 0 saturated carbocycles. The smallest absolute Gasteiger partial charge is 0.0696 e. The molecule has 0 radical (unpaired) electrons. The number of nitrogens with one attached hydrogen (secondary N) is 1. The van der Waals surface area contributed by atoms with Gasteiger partial charge in [0.05, 0.1) is 32.0 Å². The van der Waals surface area contributed by atoms with Crippen LogP contribution in [0.4, 0.5) is 5.69 Å². The zero-order chi connectivity index (χ0) is 13.7. The van der Waals surface area contributed by atoms with Gasteiger partial charge in [0, 0.05) is 23.3 Å². The molecule has 0 spiro atoms. The van der Waals surface area contributed by atoms with Crippen molar-refractivity contribution in [2.75, 3.05) is 38.7 Å². The second kappa shape index (κ2) is 6.78. The molecule has 1 aliphatic heterocycles. The van der Waals surface area contributed by atoms with Crippen LogP contribution >= 0.6 is 11.6 Å². The second-order valence-electron chi connectivity index (χ2n) is 4.41. The molecule has 1 saturated heterocycles. The maximum Gasteiger partial charge on any atom is 0.0696 e. The molecule has 1 heterocycles. The molecule has 1 N–H and O–H groups in total. The van der Waals surface area contributed by atoms with Crippen LogP contribution in [0.3, 0.4) is 0 Å². The molecule has 0 atom stereocenters. The summed E-state index contributed by atoms with van der Waals surface area (Å²) < 4.78 is 5.34. The minimum Gasteiger partial charge on any atom is -0.388 e. The van der Waals surface area contributed by atoms with E-state index >= 15 is 0 Å². The lowest BCUT2D eigenvalue weighted by molar-refractivity contribution is 0.0393. The number of hydrazone groups is 1. The van der Waals surface area contributed by atoms with E-state index in [2.05, 4.69) is 17.2 Å². The number of hydrogen-bond donors (Lipinski definition) is 1. The predicted molar refractivity (Wildman–Crippen MR) is 80.2 cm³/mol. The minimum absolute atomic E-state index is 0.733. The van der Waals surface area contributed by atoms with Gasteiger partial charge in [0.25, 0.3) is 0 Å². The average Bonchev–Trinajstić information content (AvgIpc) is 2.46. The Labute approximate surface area is 119 Å². The highest BCUT2D eigenvalue weighted by Gasteiger charge is 2.12. The summed E-state index contributed by atoms with van der Waals surface area (Å²) in [7, 11) is 1.91. The number of rotatable bonds is 4. The highest BCUT2D eigenvalue weighted by molar-refractivity contribution is 6.31. The van der Waals surface area contributed by atoms with Gasteiger partial charge in [-0.25, -0.2) is 0 Å². The van der Waals surface area contributed by atoms with Gasteiger partial charge in [-0.1, -0.05) is 18.5 Å². The monoisotopic (exact) mass is 281 g/mol. The summed E-state index contributed by atoms with van der Waals surface area (Å²) in [5.74, 6) is 0. The molecule has 0 unspecified atom stereocenters. The van der Waals surface area contributed by atoms with Crippen LogP contribution in [0.5, 0.6) is 0 Å². The Morgan fingerprint density at radius 2 is 2.16 bits per heavy atom. The van der Waals surface area contributed by atoms with Crippen LogP contribution in [0.1, 0.15) is 18.9 Å². The summed E-state index contributed by atoms with van der Waals surface area (Å²) in [6.45, 7) is 5.29. The van der Waals surface area contributed by atoms with Gasteiger partial charge in [-0.3, -0.25) is 5.01 Å². The van der Waals surface area contributed by atoms with Gasteiger partial charge in [0.1, 0.15) is 0 Å². The zero-order valence-corrected chi connectivity index (χ0v) is 12.2. The van der Waals surface area contributed by atoms with E-state index in [1.165, 1.54) is 0 Å². The Balaban J connectivity index is 2.29. The molecule has 19 heavy (non-hydrogen) atoms. The van der Waals surface area contributed by atoms with Gasteiger partial charge in [0.2, 0.25) is 0 Å². The fourth-order valence-corrected chi connectivity index (χ4v) is 2.28. The van der Waals surface area contributed by atoms with Gasteiger partial charge in [-0.15, -0.1) is 0 Å². The summed E-state index contributed by atoms with van der Waals surface area (Å²) in [5.41, 5.74) is 3.18. The number of hydrogen-bond acceptors (Lipinski definition) is 4. The normalized spacial score (nSPS) is 16.6. The first kappa shape index (κ1) is 14.2. The van der Waals surface area contributed by atoms with Crippen LogP contribution in [0.25, 0.3) is 0 Å². The molecule has 0 bridgehead atoms. The topological polar surface area (TPSA) is 36.9 Å². The van der Waals surface area contributed by atoms with Gasteiger partial charge in [-0.05, 0) is 24.6 Å². The molecule has 1 aromatic carbocycles. The third-order valence-corrected chi connectivity index (χ3v) is 3.38. The van der Waals surface area contributed by atoms with Crippen LogP contribution in [-0.2, 0) is 4.74 Å². The minimum atomic E-state index is 0.733. The SMILES string of the molecule is CC/C(=N/N1CCOCC1)c1cc(Cl)ccc1NC. The van der Waals surface area contributed by atoms with Crippen LogP contribution in [-0.4, -0.2) is 44.1 Å². The molecule has 2 rings (SSSR count). The molecule has 1 aliphatic rings. The third kappa shape index (κ3) is 3.61. The molecule has 5 heteroatoms. The van der Waals surface area contributed by atoms with E-state index in [1.807, 2.05) is 25.2 Å². The summed E-state index contributed by atoms with van der Waals surface area (Å²) in [6.07, 6.45) is 0.867. The molecule has 0 aromatic heterocycles. The fourth-order valence-electron chi connectivity index (χ4n) is 2.11. The quantitative estimate of drug-likeness (QED) is 0.863. The maximum absolute atomic E-state index is 6.10. The second-order valence-corrected chi connectivity index (χ2v) is 4.84. The number of benzene rings is 1. The first-order valence-electron chi connectivity index (χ1n) is 6.62. The van der Waals surface area contributed by atoms with Crippen molar-refractivity contribution in [2.45, 2.75) is 13.3 Å². The Hall–Kier alpha value is -1.26. The van der Waals surface area contributed by atoms with Crippen molar-refractivity contribution in [3.05, 3.63) is 28.8 Å². The molecule has 1 fully saturated rings. The number of halogens is 1. The Kier molecular flexibility index (Phi) is 5.05. The molecular formula is C14H20ClN3O. The Bertz CT molecular complexity index is 456. The summed E-state index contributed by atoms with van der Waals surface area (Å²) >= 11 is 6.10. The standard InChI is InChI=1S/C14H20ClN3O/c1-3-13(17-18-6-8-19-9-7-18)12-10-11(15)4-5-14(12)16-2/h4-5,10,16H,3,6-9H2,1-2H3/b17-13-. The predicted octanol–water partition coefficient (Wildman–Crippen LogP) is 2.83. The molecule has 0 aliphatic carbocycles. The van der Waals surface area contributed by atoms with Gasteiger partial charge < -0.3 is 10.1 Å². The Morgan fingerprint density at radius 3 is 2.79 bits per heavy atom. The highest BCUT2D eigenvalue weighted by Crippen LogP contribution is 2.22. The lowest BCUT2D eigenvalue weighted by atomic mass is 10.1. The van der Waals surface area contributed by atoms with E-state index in [1.54, 1.807) is 0 Å². The molecule has 4 nitrogen and oxygen atoms in total. The lowest BCUT2D eigenvalue weighted by Gasteiger charge is -2.25. The molecule has 0 amide bonds. The molecule has 1 aromatic rings. The summed E-state index contributed by atoms with van der Waals surface area (Å²) in [5, 5.41) is 10.7. The molecular weight excluding hydrogens is 262 g/mol. The average molecular weight is 282 g/mol. The number of nitrogens with zero attached hydrogens (tertiary/aromatic N) is 2. The van der Waals surface area contributed by atoms with E-state index in [0.717, 1.165) is 54.7 Å². The van der Waals surface area contributed by atoms with E-state index < -0.39 is 0 Å². The maximum atomic E-state index is 6.10. The van der Waals surface area contributed by atoms with Crippen molar-refractivity contribution in [1.82, 2.24) is 5.01 Å². The lowest BCUT2D eigenvalue weighted by Crippen LogP contribution is -2.33. The summed E-state index contributed by atoms with van der Waals surface area (Å²) in [6, 6.07) is 5.84. The van der Waals surface area contributed by atoms with Crippen molar-refractivity contribution in [3.63, 3.8) is 0 Å². The van der Waals surface area contributed by atoms with Crippen molar-refractivity contribution in [1.29, 1.82) is 0 Å². The van der Waals surface area contributed by atoms with Gasteiger partial charge in [-0.2, -0.15) is 5.10 Å². The first-order chi connectivity index (χ1) is 9.24. The number of ether oxygens (including phenoxy) is 1. The Morgan fingerprint density at radius 1 is 1.42 bits per heavy atom. The van der Waals surface area contributed by atoms with Gasteiger partial charge >= 0.3 is 0 Å². The van der Waals surface area contributed by atoms with Crippen LogP contribution in [0.2, 0.25) is 5.02 Å². The first-order valence-corrected chi connectivity index (χ1v) is 7.00. The van der Waals surface area contributed by atoms with Gasteiger partial charge in [0.15, 0.2) is 0 Å². The van der Waals surface area contributed by atoms with Crippen LogP contribution < -0.4 is 5.32 Å². The van der Waals surface area contributed by atoms with Crippen molar-refractivity contribution < 1.29 is 4.74 Å². The van der Waals surface area contributed by atoms with Crippen molar-refractivity contribution in [2.24, 2.45) is 5.10 Å². The highest BCUT2D eigenvalue weighted by atomic mass is 35.5. The fraction of sp³-hybridized carbons (Fsp3) is 0.500. The van der Waals surface area contributed by atoms with Crippen molar-refractivity contribution >= 4 is 23.0 Å². The van der Waals surface area contributed by atoms with Crippen molar-refractivity contribution in [3.8, 4) is 0 Å². The van der Waals surface area contributed by atoms with E-state index in [-0.39, 0.29) is 0 Å². The number of anilines is 1. The molecule has 104 valence electrons. The summed E-state index contributed by atoms with van der Waals surface area (Å²) in [4.78, 5) is 0. The van der Waals surface area contributed by atoms with E-state index in [0.29, 0.717) is 0 Å². The van der Waals surface area contributed by atoms with E-state index in [9.17, 15) is 0 Å². The zero-order valence-electron chi connectivity index (χ0n) is 11.4. The largest absolute Gasteiger partial charge is 0.388 e. The van der Waals surface area contributed by atoms with Crippen LogP contribution in [0.15, 0.2) is 23.3 Å².